The van der Waals surface area contributed by atoms with Gasteiger partial charge in [-0.1, -0.05) is 37.3 Å². The molecule has 1 atom stereocenters. The molecule has 0 aliphatic heterocycles. The van der Waals surface area contributed by atoms with E-state index in [0.29, 0.717) is 37.8 Å². The van der Waals surface area contributed by atoms with E-state index in [4.69, 9.17) is 4.74 Å². The monoisotopic (exact) mass is 338 g/mol. The van der Waals surface area contributed by atoms with Gasteiger partial charge in [0.25, 0.3) is 0 Å². The van der Waals surface area contributed by atoms with Gasteiger partial charge in [-0.2, -0.15) is 5.10 Å². The summed E-state index contributed by atoms with van der Waals surface area (Å²) in [6.07, 6.45) is 3.62. The number of benzene rings is 1. The van der Waals surface area contributed by atoms with Gasteiger partial charge in [0.15, 0.2) is 11.6 Å². The molecule has 3 rings (SSSR count). The molecule has 1 N–H and O–H groups in total. The SMILES string of the molecule is CCC(O)Cn1nc(-c2ccncc2)nc1COCc1ccccc1. The first-order valence-corrected chi connectivity index (χ1v) is 8.40. The number of nitrogens with zero attached hydrogens (tertiary/aromatic N) is 4. The molecule has 0 saturated heterocycles. The molecule has 0 amide bonds. The Balaban J connectivity index is 1.74. The molecule has 130 valence electrons. The molecule has 0 fully saturated rings. The predicted octanol–water partition coefficient (Wildman–Crippen LogP) is 2.83. The molecule has 0 aliphatic carbocycles. The van der Waals surface area contributed by atoms with E-state index in [2.05, 4.69) is 15.1 Å². The molecular formula is C19H22N4O2. The Hall–Kier alpha value is -2.57. The van der Waals surface area contributed by atoms with Crippen LogP contribution in [0.2, 0.25) is 0 Å². The summed E-state index contributed by atoms with van der Waals surface area (Å²) in [5.74, 6) is 1.32. The molecule has 1 unspecified atom stereocenters. The summed E-state index contributed by atoms with van der Waals surface area (Å²) in [6, 6.07) is 13.7. The molecular weight excluding hydrogens is 316 g/mol. The number of rotatable bonds is 8. The van der Waals surface area contributed by atoms with Crippen molar-refractivity contribution in [1.29, 1.82) is 0 Å². The molecule has 6 nitrogen and oxygen atoms in total. The first kappa shape index (κ1) is 17.3. The van der Waals surface area contributed by atoms with E-state index in [1.807, 2.05) is 49.4 Å². The van der Waals surface area contributed by atoms with Crippen molar-refractivity contribution >= 4 is 0 Å². The average molecular weight is 338 g/mol. The van der Waals surface area contributed by atoms with E-state index in [1.165, 1.54) is 0 Å². The number of hydrogen-bond acceptors (Lipinski definition) is 5. The zero-order valence-electron chi connectivity index (χ0n) is 14.2. The van der Waals surface area contributed by atoms with Crippen molar-refractivity contribution in [3.05, 3.63) is 66.2 Å². The van der Waals surface area contributed by atoms with Crippen molar-refractivity contribution in [2.24, 2.45) is 0 Å². The van der Waals surface area contributed by atoms with E-state index in [0.717, 1.165) is 11.1 Å². The van der Waals surface area contributed by atoms with E-state index >= 15 is 0 Å². The topological polar surface area (TPSA) is 73.1 Å². The van der Waals surface area contributed by atoms with E-state index < -0.39 is 6.10 Å². The van der Waals surface area contributed by atoms with Crippen molar-refractivity contribution in [3.63, 3.8) is 0 Å². The Labute approximate surface area is 147 Å². The van der Waals surface area contributed by atoms with Crippen molar-refractivity contribution in [2.45, 2.75) is 39.2 Å². The van der Waals surface area contributed by atoms with Gasteiger partial charge >= 0.3 is 0 Å². The number of aliphatic hydroxyl groups is 1. The quantitative estimate of drug-likeness (QED) is 0.684. The zero-order valence-corrected chi connectivity index (χ0v) is 14.2. The minimum Gasteiger partial charge on any atom is -0.391 e. The maximum Gasteiger partial charge on any atom is 0.181 e. The van der Waals surface area contributed by atoms with Gasteiger partial charge < -0.3 is 9.84 Å². The Morgan fingerprint density at radius 2 is 1.84 bits per heavy atom. The van der Waals surface area contributed by atoms with Crippen LogP contribution in [0.25, 0.3) is 11.4 Å². The number of ether oxygens (including phenoxy) is 1. The fourth-order valence-corrected chi connectivity index (χ4v) is 2.41. The average Bonchev–Trinajstić information content (AvgIpc) is 3.06. The van der Waals surface area contributed by atoms with Crippen molar-refractivity contribution < 1.29 is 9.84 Å². The number of aliphatic hydroxyl groups excluding tert-OH is 1. The maximum absolute atomic E-state index is 9.98. The Morgan fingerprint density at radius 3 is 2.56 bits per heavy atom. The molecule has 0 spiro atoms. The Bertz CT molecular complexity index is 775. The molecule has 3 aromatic rings. The largest absolute Gasteiger partial charge is 0.391 e. The van der Waals surface area contributed by atoms with Gasteiger partial charge in [0.05, 0.1) is 19.3 Å². The molecule has 0 bridgehead atoms. The fourth-order valence-electron chi connectivity index (χ4n) is 2.41. The Morgan fingerprint density at radius 1 is 1.08 bits per heavy atom. The van der Waals surface area contributed by atoms with Gasteiger partial charge in [0, 0.05) is 18.0 Å². The maximum atomic E-state index is 9.98. The summed E-state index contributed by atoms with van der Waals surface area (Å²) < 4.78 is 7.52. The highest BCUT2D eigenvalue weighted by molar-refractivity contribution is 5.53. The first-order chi connectivity index (χ1) is 12.3. The smallest absolute Gasteiger partial charge is 0.181 e. The van der Waals surface area contributed by atoms with Crippen LogP contribution in [-0.2, 0) is 24.5 Å². The summed E-state index contributed by atoms with van der Waals surface area (Å²) >= 11 is 0. The minimum absolute atomic E-state index is 0.337. The summed E-state index contributed by atoms with van der Waals surface area (Å²) in [6.45, 7) is 3.19. The Kier molecular flexibility index (Phi) is 5.87. The number of aromatic nitrogens is 4. The van der Waals surface area contributed by atoms with Gasteiger partial charge in [-0.3, -0.25) is 4.98 Å². The number of hydrogen-bond donors (Lipinski definition) is 1. The second-order valence-electron chi connectivity index (χ2n) is 5.81. The van der Waals surface area contributed by atoms with Crippen molar-refractivity contribution in [2.75, 3.05) is 0 Å². The van der Waals surface area contributed by atoms with Crippen molar-refractivity contribution in [1.82, 2.24) is 19.7 Å². The van der Waals surface area contributed by atoms with E-state index in [1.54, 1.807) is 17.1 Å². The summed E-state index contributed by atoms with van der Waals surface area (Å²) in [5, 5.41) is 14.5. The standard InChI is InChI=1S/C19H22N4O2/c1-2-17(24)12-23-18(14-25-13-15-6-4-3-5-7-15)21-19(22-23)16-8-10-20-11-9-16/h3-11,17,24H,2,12-14H2,1H3. The van der Waals surface area contributed by atoms with E-state index in [9.17, 15) is 5.11 Å². The van der Waals surface area contributed by atoms with Crippen LogP contribution in [-0.4, -0.2) is 31.0 Å². The van der Waals surface area contributed by atoms with Gasteiger partial charge in [-0.25, -0.2) is 9.67 Å². The molecule has 0 radical (unpaired) electrons. The molecule has 2 aromatic heterocycles. The second kappa shape index (κ2) is 8.50. The van der Waals surface area contributed by atoms with Crippen LogP contribution in [0.5, 0.6) is 0 Å². The lowest BCUT2D eigenvalue weighted by Gasteiger charge is -2.10. The third kappa shape index (κ3) is 4.71. The molecule has 0 aliphatic rings. The molecule has 25 heavy (non-hydrogen) atoms. The summed E-state index contributed by atoms with van der Waals surface area (Å²) in [5.41, 5.74) is 2.00. The highest BCUT2D eigenvalue weighted by atomic mass is 16.5. The molecule has 6 heteroatoms. The van der Waals surface area contributed by atoms with Gasteiger partial charge in [0.1, 0.15) is 6.61 Å². The minimum atomic E-state index is -0.458. The first-order valence-electron chi connectivity index (χ1n) is 8.40. The van der Waals surface area contributed by atoms with Crippen LogP contribution in [0, 0.1) is 0 Å². The molecule has 1 aromatic carbocycles. The summed E-state index contributed by atoms with van der Waals surface area (Å²) in [4.78, 5) is 8.60. The van der Waals surface area contributed by atoms with Crippen LogP contribution in [0.15, 0.2) is 54.9 Å². The van der Waals surface area contributed by atoms with Crippen LogP contribution in [0.1, 0.15) is 24.7 Å². The van der Waals surface area contributed by atoms with Crippen LogP contribution in [0.4, 0.5) is 0 Å². The second-order valence-corrected chi connectivity index (χ2v) is 5.81. The van der Waals surface area contributed by atoms with Crippen LogP contribution in [0.3, 0.4) is 0 Å². The van der Waals surface area contributed by atoms with Gasteiger partial charge in [-0.05, 0) is 24.1 Å². The van der Waals surface area contributed by atoms with Gasteiger partial charge in [-0.15, -0.1) is 0 Å². The lowest BCUT2D eigenvalue weighted by Crippen LogP contribution is -2.18. The molecule has 0 saturated carbocycles. The van der Waals surface area contributed by atoms with E-state index in [-0.39, 0.29) is 0 Å². The predicted molar refractivity (Wildman–Crippen MR) is 94.5 cm³/mol. The number of pyridine rings is 1. The van der Waals surface area contributed by atoms with Crippen LogP contribution >= 0.6 is 0 Å². The van der Waals surface area contributed by atoms with Gasteiger partial charge in [0.2, 0.25) is 0 Å². The summed E-state index contributed by atoms with van der Waals surface area (Å²) in [7, 11) is 0. The van der Waals surface area contributed by atoms with Crippen LogP contribution < -0.4 is 0 Å². The fraction of sp³-hybridized carbons (Fsp3) is 0.316. The van der Waals surface area contributed by atoms with Crippen molar-refractivity contribution in [3.8, 4) is 11.4 Å². The lowest BCUT2D eigenvalue weighted by atomic mass is 10.2. The lowest BCUT2D eigenvalue weighted by molar-refractivity contribution is 0.0927. The third-order valence-electron chi connectivity index (χ3n) is 3.88. The normalized spacial score (nSPS) is 12.2. The molecule has 2 heterocycles. The zero-order chi connectivity index (χ0) is 17.5. The highest BCUT2D eigenvalue weighted by Gasteiger charge is 2.14. The highest BCUT2D eigenvalue weighted by Crippen LogP contribution is 2.16. The third-order valence-corrected chi connectivity index (χ3v) is 3.88.